The third-order valence-corrected chi connectivity index (χ3v) is 5.05. The maximum absolute atomic E-state index is 13.7. The topological polar surface area (TPSA) is 92.1 Å². The number of carbonyl (C=O) groups excluding carboxylic acids is 2. The van der Waals surface area contributed by atoms with E-state index in [1.807, 2.05) is 6.07 Å². The Hall–Kier alpha value is -2.99. The van der Waals surface area contributed by atoms with Crippen LogP contribution in [0.1, 0.15) is 47.3 Å². The summed E-state index contributed by atoms with van der Waals surface area (Å²) in [7, 11) is 0. The van der Waals surface area contributed by atoms with Crippen LogP contribution < -0.4 is 5.32 Å². The van der Waals surface area contributed by atoms with Crippen molar-refractivity contribution in [2.45, 2.75) is 36.8 Å². The number of benzene rings is 1. The second-order valence-corrected chi connectivity index (χ2v) is 7.32. The zero-order valence-electron chi connectivity index (χ0n) is 15.7. The number of ether oxygens (including phenoxy) is 1. The van der Waals surface area contributed by atoms with Crippen molar-refractivity contribution in [1.29, 1.82) is 5.26 Å². The summed E-state index contributed by atoms with van der Waals surface area (Å²) in [6.45, 7) is 1.30. The molecule has 2 aromatic rings. The smallest absolute Gasteiger partial charge is 0.340 e. The quantitative estimate of drug-likeness (QED) is 0.564. The zero-order valence-corrected chi connectivity index (χ0v) is 16.5. The number of nitrogens with one attached hydrogen (secondary N) is 1. The van der Waals surface area contributed by atoms with Crippen molar-refractivity contribution in [2.75, 3.05) is 11.6 Å². The summed E-state index contributed by atoms with van der Waals surface area (Å²) in [5.41, 5.74) is 0.459. The van der Waals surface area contributed by atoms with E-state index in [0.717, 1.165) is 31.0 Å². The lowest BCUT2D eigenvalue weighted by Gasteiger charge is -2.15. The number of hydrogen-bond acceptors (Lipinski definition) is 6. The monoisotopic (exact) mass is 417 g/mol. The van der Waals surface area contributed by atoms with Crippen molar-refractivity contribution in [1.82, 2.24) is 4.98 Å². The molecule has 3 rings (SSSR count). The molecule has 1 unspecified atom stereocenters. The van der Waals surface area contributed by atoms with Crippen LogP contribution in [-0.4, -0.2) is 29.2 Å². The number of nitrogens with zero attached hydrogens (tertiary/aromatic N) is 2. The highest BCUT2D eigenvalue weighted by Gasteiger charge is 2.30. The summed E-state index contributed by atoms with van der Waals surface area (Å²) in [4.78, 5) is 29.3. The highest BCUT2D eigenvalue weighted by molar-refractivity contribution is 7.98. The molecule has 0 bridgehead atoms. The van der Waals surface area contributed by atoms with Crippen molar-refractivity contribution in [3.05, 3.63) is 52.7 Å². The van der Waals surface area contributed by atoms with E-state index >= 15 is 0 Å². The van der Waals surface area contributed by atoms with Crippen molar-refractivity contribution >= 4 is 29.3 Å². The number of anilines is 1. The molecule has 9 heteroatoms. The molecule has 1 saturated carbocycles. The molecular formula is C20H17F2N3O3S. The summed E-state index contributed by atoms with van der Waals surface area (Å²) in [6.07, 6.45) is 2.36. The minimum atomic E-state index is -1.30. The van der Waals surface area contributed by atoms with Gasteiger partial charge in [0.2, 0.25) is 0 Å². The van der Waals surface area contributed by atoms with E-state index in [1.165, 1.54) is 24.8 Å². The van der Waals surface area contributed by atoms with Gasteiger partial charge in [0.15, 0.2) is 6.10 Å². The first kappa shape index (κ1) is 20.7. The molecule has 1 aromatic carbocycles. The molecule has 1 aliphatic carbocycles. The number of hydrogen-bond donors (Lipinski definition) is 1. The van der Waals surface area contributed by atoms with Crippen LogP contribution in [0.3, 0.4) is 0 Å². The summed E-state index contributed by atoms with van der Waals surface area (Å²) < 4.78 is 32.1. The van der Waals surface area contributed by atoms with Gasteiger partial charge in [-0.25, -0.2) is 18.6 Å². The lowest BCUT2D eigenvalue weighted by Crippen LogP contribution is -2.30. The fourth-order valence-corrected chi connectivity index (χ4v) is 3.21. The van der Waals surface area contributed by atoms with Crippen LogP contribution in [0, 0.1) is 23.0 Å². The molecule has 1 atom stereocenters. The second-order valence-electron chi connectivity index (χ2n) is 6.53. The SMILES string of the molecule is CSc1nc(C2CC2)cc(C(=O)OC(C)C(=O)Nc2cc(F)ccc2F)c1C#N. The summed E-state index contributed by atoms with van der Waals surface area (Å²) in [6, 6.07) is 6.10. The number of esters is 1. The van der Waals surface area contributed by atoms with Gasteiger partial charge in [0, 0.05) is 17.7 Å². The standard InChI is InChI=1S/C20H17F2N3O3S/c1-10(18(26)24-17-7-12(21)5-6-15(17)22)28-20(27)13-8-16(11-3-4-11)25-19(29-2)14(13)9-23/h5-8,10-11H,3-4H2,1-2H3,(H,24,26). The Balaban J connectivity index is 1.78. The molecule has 1 N–H and O–H groups in total. The van der Waals surface area contributed by atoms with Crippen LogP contribution in [0.15, 0.2) is 29.3 Å². The van der Waals surface area contributed by atoms with E-state index in [0.29, 0.717) is 10.7 Å². The Morgan fingerprint density at radius 3 is 2.69 bits per heavy atom. The van der Waals surface area contributed by atoms with Gasteiger partial charge in [0.25, 0.3) is 5.91 Å². The first-order valence-corrected chi connectivity index (χ1v) is 10.0. The fraction of sp³-hybridized carbons (Fsp3) is 0.300. The molecule has 0 spiro atoms. The molecule has 1 aliphatic rings. The van der Waals surface area contributed by atoms with Crippen LogP contribution in [0.4, 0.5) is 14.5 Å². The number of carbonyl (C=O) groups is 2. The Morgan fingerprint density at radius 2 is 2.07 bits per heavy atom. The highest BCUT2D eigenvalue weighted by Crippen LogP contribution is 2.40. The molecule has 6 nitrogen and oxygen atoms in total. The van der Waals surface area contributed by atoms with Crippen LogP contribution in [0.25, 0.3) is 0 Å². The van der Waals surface area contributed by atoms with E-state index < -0.39 is 29.6 Å². The van der Waals surface area contributed by atoms with Crippen LogP contribution >= 0.6 is 11.8 Å². The lowest BCUT2D eigenvalue weighted by molar-refractivity contribution is -0.123. The van der Waals surface area contributed by atoms with Gasteiger partial charge in [-0.15, -0.1) is 11.8 Å². The first-order valence-electron chi connectivity index (χ1n) is 8.80. The molecule has 0 aliphatic heterocycles. The molecule has 150 valence electrons. The molecule has 1 fully saturated rings. The fourth-order valence-electron chi connectivity index (χ4n) is 2.65. The molecule has 0 radical (unpaired) electrons. The van der Waals surface area contributed by atoms with E-state index in [2.05, 4.69) is 10.3 Å². The average Bonchev–Trinajstić information content (AvgIpc) is 3.54. The van der Waals surface area contributed by atoms with E-state index in [1.54, 1.807) is 6.26 Å². The number of aromatic nitrogens is 1. The van der Waals surface area contributed by atoms with Crippen molar-refractivity contribution in [3.63, 3.8) is 0 Å². The van der Waals surface area contributed by atoms with Crippen molar-refractivity contribution in [3.8, 4) is 6.07 Å². The predicted octanol–water partition coefficient (Wildman–Crippen LogP) is 4.01. The molecule has 1 heterocycles. The van der Waals surface area contributed by atoms with Gasteiger partial charge in [-0.2, -0.15) is 5.26 Å². The maximum atomic E-state index is 13.7. The van der Waals surface area contributed by atoms with Crippen molar-refractivity contribution in [2.24, 2.45) is 0 Å². The molecule has 29 heavy (non-hydrogen) atoms. The third-order valence-electron chi connectivity index (χ3n) is 4.37. The molecule has 1 amide bonds. The minimum Gasteiger partial charge on any atom is -0.449 e. The van der Waals surface area contributed by atoms with Gasteiger partial charge in [-0.3, -0.25) is 4.79 Å². The van der Waals surface area contributed by atoms with Crippen LogP contribution in [0.2, 0.25) is 0 Å². The Kier molecular flexibility index (Phi) is 6.13. The largest absolute Gasteiger partial charge is 0.449 e. The van der Waals surface area contributed by atoms with Gasteiger partial charge in [-0.1, -0.05) is 0 Å². The normalized spacial score (nSPS) is 14.0. The molecule has 0 saturated heterocycles. The van der Waals surface area contributed by atoms with Crippen molar-refractivity contribution < 1.29 is 23.1 Å². The van der Waals surface area contributed by atoms with E-state index in [9.17, 15) is 23.6 Å². The van der Waals surface area contributed by atoms with E-state index in [4.69, 9.17) is 4.74 Å². The Bertz CT molecular complexity index is 1020. The third kappa shape index (κ3) is 4.71. The van der Waals surface area contributed by atoms with Gasteiger partial charge in [0.05, 0.1) is 16.8 Å². The highest BCUT2D eigenvalue weighted by atomic mass is 32.2. The maximum Gasteiger partial charge on any atom is 0.340 e. The molecular weight excluding hydrogens is 400 g/mol. The Morgan fingerprint density at radius 1 is 1.34 bits per heavy atom. The van der Waals surface area contributed by atoms with Gasteiger partial charge < -0.3 is 10.1 Å². The summed E-state index contributed by atoms with van der Waals surface area (Å²) >= 11 is 1.24. The number of rotatable bonds is 6. The van der Waals surface area contributed by atoms with Gasteiger partial charge in [0.1, 0.15) is 22.7 Å². The second kappa shape index (κ2) is 8.57. The zero-order chi connectivity index (χ0) is 21.1. The minimum absolute atomic E-state index is 0.0327. The number of thioether (sulfide) groups is 1. The van der Waals surface area contributed by atoms with Gasteiger partial charge in [-0.05, 0) is 44.2 Å². The summed E-state index contributed by atoms with van der Waals surface area (Å²) in [5, 5.41) is 12.1. The predicted molar refractivity (Wildman–Crippen MR) is 103 cm³/mol. The van der Waals surface area contributed by atoms with E-state index in [-0.39, 0.29) is 22.7 Å². The molecule has 1 aromatic heterocycles. The first-order chi connectivity index (χ1) is 13.8. The average molecular weight is 417 g/mol. The van der Waals surface area contributed by atoms with Crippen LogP contribution in [0.5, 0.6) is 0 Å². The van der Waals surface area contributed by atoms with Crippen LogP contribution in [-0.2, 0) is 9.53 Å². The number of nitriles is 1. The van der Waals surface area contributed by atoms with Gasteiger partial charge >= 0.3 is 5.97 Å². The number of amides is 1. The summed E-state index contributed by atoms with van der Waals surface area (Å²) in [5.74, 6) is -2.99. The Labute approximate surface area is 170 Å². The number of halogens is 2. The lowest BCUT2D eigenvalue weighted by atomic mass is 10.1. The number of pyridine rings is 1.